The Balaban J connectivity index is 1.84. The Bertz CT molecular complexity index is 1110. The highest BCUT2D eigenvalue weighted by Crippen LogP contribution is 2.33. The lowest BCUT2D eigenvalue weighted by molar-refractivity contribution is 0.0999. The molecule has 0 radical (unpaired) electrons. The van der Waals surface area contributed by atoms with Crippen LogP contribution in [-0.4, -0.2) is 31.1 Å². The molecule has 0 saturated heterocycles. The smallest absolute Gasteiger partial charge is 0.214 e. The summed E-state index contributed by atoms with van der Waals surface area (Å²) in [5.41, 5.74) is 1.17. The summed E-state index contributed by atoms with van der Waals surface area (Å²) in [5, 5.41) is 10.2. The zero-order valence-corrected chi connectivity index (χ0v) is 13.5. The van der Waals surface area contributed by atoms with Crippen LogP contribution in [0.3, 0.4) is 0 Å². The molecule has 0 unspecified atom stereocenters. The van der Waals surface area contributed by atoms with Gasteiger partial charge in [-0.05, 0) is 35.0 Å². The van der Waals surface area contributed by atoms with E-state index in [-0.39, 0.29) is 23.0 Å². The highest BCUT2D eigenvalue weighted by molar-refractivity contribution is 6.47. The number of hydrogen-bond donors (Lipinski definition) is 0. The van der Waals surface area contributed by atoms with E-state index in [2.05, 4.69) is 10.2 Å². The lowest BCUT2D eigenvalue weighted by Gasteiger charge is -2.21. The van der Waals surface area contributed by atoms with Gasteiger partial charge in [0.05, 0.1) is 0 Å². The first-order valence-corrected chi connectivity index (χ1v) is 8.10. The second kappa shape index (κ2) is 5.35. The van der Waals surface area contributed by atoms with Crippen LogP contribution in [0.15, 0.2) is 73.3 Å². The second-order valence-electron chi connectivity index (χ2n) is 6.00. The SMILES string of the molecule is O=C1C(n2cccn2)=C(n2cccn2)C(=O)c2cc3ccccc3cc21. The molecule has 2 aromatic heterocycles. The van der Waals surface area contributed by atoms with Gasteiger partial charge in [-0.25, -0.2) is 9.36 Å². The van der Waals surface area contributed by atoms with Crippen LogP contribution in [0.2, 0.25) is 0 Å². The molecule has 0 N–H and O–H groups in total. The van der Waals surface area contributed by atoms with Gasteiger partial charge in [-0.3, -0.25) is 9.59 Å². The minimum atomic E-state index is -0.250. The second-order valence-corrected chi connectivity index (χ2v) is 6.00. The maximum atomic E-state index is 13.3. The fraction of sp³-hybridized carbons (Fsp3) is 0. The van der Waals surface area contributed by atoms with E-state index >= 15 is 0 Å². The molecular weight excluding hydrogens is 328 g/mol. The lowest BCUT2D eigenvalue weighted by atomic mass is 9.88. The van der Waals surface area contributed by atoms with Crippen molar-refractivity contribution in [3.05, 3.63) is 84.4 Å². The fourth-order valence-electron chi connectivity index (χ4n) is 3.31. The molecule has 0 spiro atoms. The fourth-order valence-corrected chi connectivity index (χ4v) is 3.31. The molecule has 0 aliphatic heterocycles. The third-order valence-electron chi connectivity index (χ3n) is 4.50. The van der Waals surface area contributed by atoms with E-state index in [0.29, 0.717) is 11.1 Å². The Kier molecular flexibility index (Phi) is 2.99. The molecule has 124 valence electrons. The number of hydrogen-bond acceptors (Lipinski definition) is 4. The molecule has 0 fully saturated rings. The van der Waals surface area contributed by atoms with E-state index in [1.807, 2.05) is 24.3 Å². The van der Waals surface area contributed by atoms with Gasteiger partial charge in [0.1, 0.15) is 11.4 Å². The topological polar surface area (TPSA) is 69.8 Å². The average molecular weight is 340 g/mol. The number of aromatic nitrogens is 4. The van der Waals surface area contributed by atoms with Gasteiger partial charge in [-0.2, -0.15) is 10.2 Å². The molecule has 26 heavy (non-hydrogen) atoms. The van der Waals surface area contributed by atoms with Gasteiger partial charge in [0.15, 0.2) is 0 Å². The molecule has 6 nitrogen and oxygen atoms in total. The number of Topliss-reactive ketones (excluding diaryl/α,β-unsaturated/α-hetero) is 2. The van der Waals surface area contributed by atoms with E-state index in [1.165, 1.54) is 9.36 Å². The molecule has 1 aliphatic carbocycles. The van der Waals surface area contributed by atoms with Gasteiger partial charge in [0, 0.05) is 35.9 Å². The van der Waals surface area contributed by atoms with E-state index < -0.39 is 0 Å². The van der Waals surface area contributed by atoms with E-state index in [1.54, 1.807) is 49.1 Å². The molecule has 2 heterocycles. The summed E-state index contributed by atoms with van der Waals surface area (Å²) >= 11 is 0. The van der Waals surface area contributed by atoms with Crippen molar-refractivity contribution >= 4 is 33.7 Å². The number of allylic oxidation sites excluding steroid dienone is 2. The zero-order valence-electron chi connectivity index (χ0n) is 13.5. The summed E-state index contributed by atoms with van der Waals surface area (Å²) in [6.07, 6.45) is 6.44. The number of fused-ring (bicyclic) bond motifs is 2. The lowest BCUT2D eigenvalue weighted by Crippen LogP contribution is -2.26. The van der Waals surface area contributed by atoms with Crippen molar-refractivity contribution in [1.29, 1.82) is 0 Å². The van der Waals surface area contributed by atoms with E-state index in [4.69, 9.17) is 0 Å². The van der Waals surface area contributed by atoms with Crippen molar-refractivity contribution in [2.75, 3.05) is 0 Å². The largest absolute Gasteiger partial charge is 0.287 e. The molecule has 1 aliphatic rings. The summed E-state index contributed by atoms with van der Waals surface area (Å²) in [7, 11) is 0. The van der Waals surface area contributed by atoms with Gasteiger partial charge in [0.2, 0.25) is 11.6 Å². The normalized spacial score (nSPS) is 14.2. The first-order chi connectivity index (χ1) is 12.7. The maximum absolute atomic E-state index is 13.3. The molecule has 0 saturated carbocycles. The monoisotopic (exact) mass is 340 g/mol. The van der Waals surface area contributed by atoms with Gasteiger partial charge in [-0.1, -0.05) is 24.3 Å². The summed E-state index contributed by atoms with van der Waals surface area (Å²) < 4.78 is 2.85. The number of benzene rings is 2. The zero-order chi connectivity index (χ0) is 17.7. The van der Waals surface area contributed by atoms with Gasteiger partial charge < -0.3 is 0 Å². The molecule has 0 bridgehead atoms. The van der Waals surface area contributed by atoms with Crippen LogP contribution in [0.4, 0.5) is 0 Å². The van der Waals surface area contributed by atoms with Crippen LogP contribution >= 0.6 is 0 Å². The van der Waals surface area contributed by atoms with Crippen LogP contribution in [0.1, 0.15) is 20.7 Å². The van der Waals surface area contributed by atoms with Crippen LogP contribution < -0.4 is 0 Å². The van der Waals surface area contributed by atoms with E-state index in [0.717, 1.165) is 10.8 Å². The van der Waals surface area contributed by atoms with Crippen molar-refractivity contribution in [2.24, 2.45) is 0 Å². The van der Waals surface area contributed by atoms with Crippen molar-refractivity contribution in [3.63, 3.8) is 0 Å². The van der Waals surface area contributed by atoms with Crippen molar-refractivity contribution < 1.29 is 9.59 Å². The summed E-state index contributed by atoms with van der Waals surface area (Å²) in [5.74, 6) is -0.501. The predicted octanol–water partition coefficient (Wildman–Crippen LogP) is 3.14. The molecular formula is C20H12N4O2. The summed E-state index contributed by atoms with van der Waals surface area (Å²) in [6, 6.07) is 14.6. The third-order valence-corrected chi connectivity index (χ3v) is 4.50. The van der Waals surface area contributed by atoms with Gasteiger partial charge in [-0.15, -0.1) is 0 Å². The Morgan fingerprint density at radius 3 is 1.50 bits per heavy atom. The molecule has 6 heteroatoms. The third kappa shape index (κ3) is 1.99. The Labute approximate surface area is 148 Å². The molecule has 2 aromatic carbocycles. The Morgan fingerprint density at radius 2 is 1.12 bits per heavy atom. The maximum Gasteiger partial charge on any atom is 0.214 e. The van der Waals surface area contributed by atoms with Crippen LogP contribution in [0, 0.1) is 0 Å². The van der Waals surface area contributed by atoms with Gasteiger partial charge in [0.25, 0.3) is 0 Å². The van der Waals surface area contributed by atoms with Gasteiger partial charge >= 0.3 is 0 Å². The number of carbonyl (C=O) groups is 2. The highest BCUT2D eigenvalue weighted by atomic mass is 16.1. The van der Waals surface area contributed by atoms with Crippen molar-refractivity contribution in [2.45, 2.75) is 0 Å². The van der Waals surface area contributed by atoms with Crippen LogP contribution in [-0.2, 0) is 0 Å². The standard InChI is InChI=1S/C20H12N4O2/c25-19-15-11-13-5-1-2-6-14(13)12-16(15)20(26)18(24-10-4-8-22-24)17(19)23-9-3-7-21-23/h1-12H. The molecule has 0 atom stereocenters. The number of nitrogens with zero attached hydrogens (tertiary/aromatic N) is 4. The van der Waals surface area contributed by atoms with Crippen LogP contribution in [0.5, 0.6) is 0 Å². The van der Waals surface area contributed by atoms with E-state index in [9.17, 15) is 9.59 Å². The minimum absolute atomic E-state index is 0.200. The van der Waals surface area contributed by atoms with Crippen LogP contribution in [0.25, 0.3) is 22.2 Å². The van der Waals surface area contributed by atoms with Crippen molar-refractivity contribution in [3.8, 4) is 0 Å². The first kappa shape index (κ1) is 14.5. The summed E-state index contributed by atoms with van der Waals surface area (Å²) in [6.45, 7) is 0. The average Bonchev–Trinajstić information content (AvgIpc) is 3.37. The Hall–Kier alpha value is -3.80. The molecule has 5 rings (SSSR count). The molecule has 0 amide bonds. The predicted molar refractivity (Wildman–Crippen MR) is 96.5 cm³/mol. The number of carbonyl (C=O) groups excluding carboxylic acids is 2. The minimum Gasteiger partial charge on any atom is -0.287 e. The number of rotatable bonds is 2. The molecule has 4 aromatic rings. The quantitative estimate of drug-likeness (QED) is 0.562. The summed E-state index contributed by atoms with van der Waals surface area (Å²) in [4.78, 5) is 26.6. The number of ketones is 2. The van der Waals surface area contributed by atoms with Crippen molar-refractivity contribution in [1.82, 2.24) is 19.6 Å². The Morgan fingerprint density at radius 1 is 0.654 bits per heavy atom. The highest BCUT2D eigenvalue weighted by Gasteiger charge is 2.35. The first-order valence-electron chi connectivity index (χ1n) is 8.10.